The van der Waals surface area contributed by atoms with Gasteiger partial charge in [-0.25, -0.2) is 0 Å². The molecule has 0 radical (unpaired) electrons. The lowest BCUT2D eigenvalue weighted by atomic mass is 10.2. The molecule has 2 nitrogen and oxygen atoms in total. The first-order chi connectivity index (χ1) is 11.8. The van der Waals surface area contributed by atoms with E-state index >= 15 is 0 Å². The lowest BCUT2D eigenvalue weighted by molar-refractivity contribution is 0.175. The molecule has 0 fully saturated rings. The van der Waals surface area contributed by atoms with Gasteiger partial charge in [-0.1, -0.05) is 53.7 Å². The van der Waals surface area contributed by atoms with E-state index in [0.717, 1.165) is 6.54 Å². The average Bonchev–Trinajstić information content (AvgIpc) is 2.61. The van der Waals surface area contributed by atoms with Crippen molar-refractivity contribution >= 4 is 0 Å². The molecule has 0 aliphatic heterocycles. The van der Waals surface area contributed by atoms with E-state index in [0.29, 0.717) is 12.1 Å². The second kappa shape index (κ2) is 25.5. The molecule has 0 atom stereocenters. The summed E-state index contributed by atoms with van der Waals surface area (Å²) in [6.07, 6.45) is 8.80. The molecule has 0 aromatic carbocycles. The van der Waals surface area contributed by atoms with Crippen LogP contribution in [0.1, 0.15) is 95.9 Å². The van der Waals surface area contributed by atoms with Gasteiger partial charge in [-0.15, -0.1) is 0 Å². The van der Waals surface area contributed by atoms with Gasteiger partial charge in [-0.05, 0) is 67.0 Å². The van der Waals surface area contributed by atoms with Gasteiger partial charge in [0.15, 0.2) is 0 Å². The molecule has 0 aromatic heterocycles. The Morgan fingerprint density at radius 1 is 0.800 bits per heavy atom. The van der Waals surface area contributed by atoms with E-state index in [1.807, 2.05) is 34.6 Å². The minimum absolute atomic E-state index is 0.694. The number of hydrogen-bond donors (Lipinski definition) is 0. The Labute approximate surface area is 162 Å². The van der Waals surface area contributed by atoms with Crippen molar-refractivity contribution in [3.8, 4) is 0 Å². The van der Waals surface area contributed by atoms with Gasteiger partial charge in [0, 0.05) is 31.4 Å². The Morgan fingerprint density at radius 2 is 1.20 bits per heavy atom. The molecule has 0 aromatic rings. The number of likely N-dealkylation sites (N-methyl/N-ethyl adjacent to an activating group) is 1. The van der Waals surface area contributed by atoms with Crippen molar-refractivity contribution in [2.75, 3.05) is 20.1 Å². The average molecular weight is 357 g/mol. The Kier molecular flexibility index (Phi) is 32.6. The fourth-order valence-electron chi connectivity index (χ4n) is 2.45. The zero-order valence-electron chi connectivity index (χ0n) is 20.1. The van der Waals surface area contributed by atoms with Crippen LogP contribution >= 0.6 is 0 Å². The van der Waals surface area contributed by atoms with Crippen LogP contribution in [0.5, 0.6) is 0 Å². The van der Waals surface area contributed by atoms with Gasteiger partial charge in [-0.2, -0.15) is 0 Å². The van der Waals surface area contributed by atoms with Crippen LogP contribution in [0.2, 0.25) is 0 Å². The van der Waals surface area contributed by atoms with Crippen molar-refractivity contribution in [2.45, 2.75) is 108 Å². The summed E-state index contributed by atoms with van der Waals surface area (Å²) in [6.45, 7) is 27.9. The zero-order valence-corrected chi connectivity index (χ0v) is 20.1. The highest BCUT2D eigenvalue weighted by molar-refractivity contribution is 5.15. The van der Waals surface area contributed by atoms with Crippen LogP contribution in [0.3, 0.4) is 0 Å². The summed E-state index contributed by atoms with van der Waals surface area (Å²) >= 11 is 0. The van der Waals surface area contributed by atoms with Crippen LogP contribution in [0, 0.1) is 0 Å². The quantitative estimate of drug-likeness (QED) is 0.419. The standard InChI is InChI=1S/C10H19N.C9H21N.2C2H6/c1-5-8-10(7-3)11(4)9-6-2;1-6-7-10(8(2)3)9(4)5;2*1-2/h5,7-8H,6,9H2,1-4H3;8-9H,6-7H2,1-5H3;2*1-2H3/b8-5-,10-7+;;;. The predicted molar refractivity (Wildman–Crippen MR) is 121 cm³/mol. The lowest BCUT2D eigenvalue weighted by Crippen LogP contribution is -2.37. The van der Waals surface area contributed by atoms with Crippen molar-refractivity contribution in [3.05, 3.63) is 23.9 Å². The lowest BCUT2D eigenvalue weighted by Gasteiger charge is -2.29. The molecule has 0 heterocycles. The molecule has 0 saturated heterocycles. The van der Waals surface area contributed by atoms with E-state index in [9.17, 15) is 0 Å². The minimum Gasteiger partial charge on any atom is -0.375 e. The third-order valence-electron chi connectivity index (χ3n) is 3.44. The van der Waals surface area contributed by atoms with Gasteiger partial charge in [0.2, 0.25) is 0 Å². The number of allylic oxidation sites excluding steroid dienone is 3. The monoisotopic (exact) mass is 356 g/mol. The number of rotatable bonds is 8. The molecule has 0 rings (SSSR count). The Bertz CT molecular complexity index is 270. The minimum atomic E-state index is 0.694. The van der Waals surface area contributed by atoms with E-state index in [2.05, 4.69) is 83.5 Å². The number of hydrogen-bond acceptors (Lipinski definition) is 2. The maximum Gasteiger partial charge on any atom is 0.0316 e. The summed E-state index contributed by atoms with van der Waals surface area (Å²) in [5.41, 5.74) is 1.30. The molecule has 0 spiro atoms. The topological polar surface area (TPSA) is 6.48 Å². The summed E-state index contributed by atoms with van der Waals surface area (Å²) in [5.74, 6) is 0. The van der Waals surface area contributed by atoms with Crippen molar-refractivity contribution < 1.29 is 0 Å². The molecular weight excluding hydrogens is 304 g/mol. The van der Waals surface area contributed by atoms with Crippen LogP contribution in [0.15, 0.2) is 23.9 Å². The largest absolute Gasteiger partial charge is 0.375 e. The van der Waals surface area contributed by atoms with Gasteiger partial charge < -0.3 is 4.90 Å². The van der Waals surface area contributed by atoms with Crippen molar-refractivity contribution in [1.29, 1.82) is 0 Å². The Morgan fingerprint density at radius 3 is 1.40 bits per heavy atom. The fraction of sp³-hybridized carbons (Fsp3) is 0.826. The molecule has 2 heteroatoms. The normalized spacial score (nSPS) is 10.8. The molecule has 0 unspecified atom stereocenters. The van der Waals surface area contributed by atoms with Crippen LogP contribution in [0.25, 0.3) is 0 Å². The van der Waals surface area contributed by atoms with E-state index in [1.165, 1.54) is 25.1 Å². The van der Waals surface area contributed by atoms with E-state index < -0.39 is 0 Å². The van der Waals surface area contributed by atoms with E-state index in [4.69, 9.17) is 0 Å². The maximum atomic E-state index is 2.51. The molecule has 0 bridgehead atoms. The second-order valence-electron chi connectivity index (χ2n) is 6.06. The summed E-state index contributed by atoms with van der Waals surface area (Å²) in [7, 11) is 2.12. The fourth-order valence-corrected chi connectivity index (χ4v) is 2.45. The van der Waals surface area contributed by atoms with Crippen molar-refractivity contribution in [3.63, 3.8) is 0 Å². The molecule has 154 valence electrons. The van der Waals surface area contributed by atoms with Crippen LogP contribution < -0.4 is 0 Å². The molecular formula is C23H52N2. The zero-order chi connectivity index (χ0) is 20.8. The molecule has 0 N–H and O–H groups in total. The van der Waals surface area contributed by atoms with Gasteiger partial charge in [0.1, 0.15) is 0 Å². The molecule has 0 amide bonds. The highest BCUT2D eigenvalue weighted by Crippen LogP contribution is 2.05. The first kappa shape index (κ1) is 32.0. The van der Waals surface area contributed by atoms with Crippen molar-refractivity contribution in [2.24, 2.45) is 0 Å². The van der Waals surface area contributed by atoms with Crippen LogP contribution in [0.4, 0.5) is 0 Å². The summed E-state index contributed by atoms with van der Waals surface area (Å²) in [4.78, 5) is 4.78. The van der Waals surface area contributed by atoms with Gasteiger partial charge in [0.25, 0.3) is 0 Å². The van der Waals surface area contributed by atoms with Crippen LogP contribution in [-0.4, -0.2) is 42.0 Å². The third kappa shape index (κ3) is 21.2. The van der Waals surface area contributed by atoms with E-state index in [1.54, 1.807) is 0 Å². The number of nitrogens with zero attached hydrogens (tertiary/aromatic N) is 2. The molecule has 0 aliphatic rings. The first-order valence-corrected chi connectivity index (χ1v) is 10.6. The summed E-state index contributed by atoms with van der Waals surface area (Å²) in [6, 6.07) is 1.39. The summed E-state index contributed by atoms with van der Waals surface area (Å²) < 4.78 is 0. The van der Waals surface area contributed by atoms with Crippen molar-refractivity contribution in [1.82, 2.24) is 9.80 Å². The Hall–Kier alpha value is -0.760. The molecule has 0 aliphatic carbocycles. The second-order valence-corrected chi connectivity index (χ2v) is 6.06. The van der Waals surface area contributed by atoms with Gasteiger partial charge in [-0.3, -0.25) is 4.90 Å². The highest BCUT2D eigenvalue weighted by Gasteiger charge is 2.10. The predicted octanol–water partition coefficient (Wildman–Crippen LogP) is 7.38. The van der Waals surface area contributed by atoms with Gasteiger partial charge in [0.05, 0.1) is 0 Å². The van der Waals surface area contributed by atoms with Crippen LogP contribution in [-0.2, 0) is 0 Å². The first-order valence-electron chi connectivity index (χ1n) is 10.6. The molecule has 25 heavy (non-hydrogen) atoms. The Balaban J connectivity index is -0.000000147. The molecule has 0 saturated carbocycles. The van der Waals surface area contributed by atoms with E-state index in [-0.39, 0.29) is 0 Å². The third-order valence-corrected chi connectivity index (χ3v) is 3.44. The van der Waals surface area contributed by atoms with Gasteiger partial charge >= 0.3 is 0 Å². The highest BCUT2D eigenvalue weighted by atomic mass is 15.2. The summed E-state index contributed by atoms with van der Waals surface area (Å²) in [5, 5.41) is 0. The SMILES string of the molecule is C/C=C\C(=C/C)N(C)CCC.CC.CC.CCCN(C(C)C)C(C)C. The maximum absolute atomic E-state index is 2.51. The smallest absolute Gasteiger partial charge is 0.0316 e.